The van der Waals surface area contributed by atoms with Gasteiger partial charge in [0.1, 0.15) is 11.8 Å². The molecular formula is C10H8N2O. The Hall–Kier alpha value is -1.84. The first-order valence-electron chi connectivity index (χ1n) is 3.82. The summed E-state index contributed by atoms with van der Waals surface area (Å²) in [7, 11) is 0. The van der Waals surface area contributed by atoms with Gasteiger partial charge in [-0.1, -0.05) is 11.8 Å². The van der Waals surface area contributed by atoms with Crippen molar-refractivity contribution in [2.75, 3.05) is 6.61 Å². The molecule has 0 aliphatic carbocycles. The maximum Gasteiger partial charge on any atom is 0.140 e. The maximum atomic E-state index is 8.47. The molecule has 0 unspecified atom stereocenters. The number of aromatic nitrogens is 1. The predicted octanol–water partition coefficient (Wildman–Crippen LogP) is 0.687. The third kappa shape index (κ3) is 2.94. The van der Waals surface area contributed by atoms with E-state index in [1.807, 2.05) is 6.07 Å². The molecule has 0 aromatic carbocycles. The molecule has 0 bridgehead atoms. The Kier molecular flexibility index (Phi) is 3.50. The lowest BCUT2D eigenvalue weighted by Crippen LogP contribution is -1.83. The van der Waals surface area contributed by atoms with E-state index in [1.54, 1.807) is 18.3 Å². The number of hydrogen-bond acceptors (Lipinski definition) is 3. The molecule has 0 saturated heterocycles. The number of nitrogens with zero attached hydrogens (tertiary/aromatic N) is 2. The van der Waals surface area contributed by atoms with Gasteiger partial charge < -0.3 is 5.11 Å². The zero-order valence-corrected chi connectivity index (χ0v) is 6.99. The summed E-state index contributed by atoms with van der Waals surface area (Å²) in [5.41, 5.74) is 1.14. The van der Waals surface area contributed by atoms with Crippen LogP contribution < -0.4 is 0 Å². The van der Waals surface area contributed by atoms with Crippen molar-refractivity contribution in [3.63, 3.8) is 0 Å². The molecule has 3 heteroatoms. The van der Waals surface area contributed by atoms with Crippen LogP contribution in [-0.2, 0) is 0 Å². The second-order valence-corrected chi connectivity index (χ2v) is 2.32. The molecule has 13 heavy (non-hydrogen) atoms. The zero-order valence-electron chi connectivity index (χ0n) is 6.99. The van der Waals surface area contributed by atoms with Crippen LogP contribution in [0.4, 0.5) is 0 Å². The summed E-state index contributed by atoms with van der Waals surface area (Å²) in [6.07, 6.45) is 2.00. The van der Waals surface area contributed by atoms with E-state index in [9.17, 15) is 0 Å². The van der Waals surface area contributed by atoms with Gasteiger partial charge in [0.2, 0.25) is 0 Å². The molecule has 3 nitrogen and oxygen atoms in total. The highest BCUT2D eigenvalue weighted by atomic mass is 16.2. The Labute approximate surface area is 76.7 Å². The summed E-state index contributed by atoms with van der Waals surface area (Å²) >= 11 is 0. The van der Waals surface area contributed by atoms with Gasteiger partial charge in [-0.15, -0.1) is 0 Å². The van der Waals surface area contributed by atoms with Crippen molar-refractivity contribution in [2.45, 2.75) is 6.42 Å². The third-order valence-electron chi connectivity index (χ3n) is 1.35. The SMILES string of the molecule is N#Cc1ccc(C#CCCO)cn1. The minimum Gasteiger partial charge on any atom is -0.395 e. The molecule has 0 amide bonds. The third-order valence-corrected chi connectivity index (χ3v) is 1.35. The van der Waals surface area contributed by atoms with Gasteiger partial charge in [-0.25, -0.2) is 4.98 Å². The minimum atomic E-state index is 0.0662. The van der Waals surface area contributed by atoms with Gasteiger partial charge >= 0.3 is 0 Å². The Morgan fingerprint density at radius 3 is 2.85 bits per heavy atom. The summed E-state index contributed by atoms with van der Waals surface area (Å²) in [6.45, 7) is 0.0662. The van der Waals surface area contributed by atoms with Gasteiger partial charge in [-0.3, -0.25) is 0 Å². The van der Waals surface area contributed by atoms with Crippen LogP contribution in [0.2, 0.25) is 0 Å². The van der Waals surface area contributed by atoms with Crippen molar-refractivity contribution in [3.8, 4) is 17.9 Å². The van der Waals surface area contributed by atoms with Gasteiger partial charge in [0.15, 0.2) is 0 Å². The smallest absolute Gasteiger partial charge is 0.140 e. The van der Waals surface area contributed by atoms with Crippen LogP contribution in [0, 0.1) is 23.2 Å². The number of aliphatic hydroxyl groups is 1. The van der Waals surface area contributed by atoms with Gasteiger partial charge in [0, 0.05) is 18.2 Å². The van der Waals surface area contributed by atoms with Crippen molar-refractivity contribution in [3.05, 3.63) is 29.6 Å². The van der Waals surface area contributed by atoms with Crippen molar-refractivity contribution >= 4 is 0 Å². The Balaban J connectivity index is 2.72. The summed E-state index contributed by atoms with van der Waals surface area (Å²) in [4.78, 5) is 3.85. The quantitative estimate of drug-likeness (QED) is 0.634. The van der Waals surface area contributed by atoms with E-state index in [4.69, 9.17) is 10.4 Å². The molecule has 64 valence electrons. The van der Waals surface area contributed by atoms with E-state index in [0.717, 1.165) is 5.56 Å². The molecule has 1 aromatic heterocycles. The Morgan fingerprint density at radius 1 is 1.46 bits per heavy atom. The molecular weight excluding hydrogens is 164 g/mol. The molecule has 0 radical (unpaired) electrons. The maximum absolute atomic E-state index is 8.47. The Bertz CT molecular complexity index is 365. The van der Waals surface area contributed by atoms with Crippen LogP contribution in [-0.4, -0.2) is 16.7 Å². The van der Waals surface area contributed by atoms with Crippen LogP contribution in [0.1, 0.15) is 17.7 Å². The molecule has 1 N–H and O–H groups in total. The first-order valence-corrected chi connectivity index (χ1v) is 3.82. The van der Waals surface area contributed by atoms with E-state index in [0.29, 0.717) is 12.1 Å². The van der Waals surface area contributed by atoms with Crippen LogP contribution in [0.15, 0.2) is 18.3 Å². The lowest BCUT2D eigenvalue weighted by molar-refractivity contribution is 0.305. The topological polar surface area (TPSA) is 56.9 Å². The number of hydrogen-bond donors (Lipinski definition) is 1. The lowest BCUT2D eigenvalue weighted by Gasteiger charge is -1.88. The minimum absolute atomic E-state index is 0.0662. The molecule has 1 rings (SSSR count). The molecule has 1 aromatic rings. The summed E-state index contributed by atoms with van der Waals surface area (Å²) in [6, 6.07) is 5.27. The fraction of sp³-hybridized carbons (Fsp3) is 0.200. The van der Waals surface area contributed by atoms with Crippen molar-refractivity contribution < 1.29 is 5.11 Å². The largest absolute Gasteiger partial charge is 0.395 e. The van der Waals surface area contributed by atoms with Crippen molar-refractivity contribution in [1.29, 1.82) is 5.26 Å². The van der Waals surface area contributed by atoms with Gasteiger partial charge in [-0.05, 0) is 12.1 Å². The lowest BCUT2D eigenvalue weighted by atomic mass is 10.2. The second-order valence-electron chi connectivity index (χ2n) is 2.32. The number of aliphatic hydroxyl groups excluding tert-OH is 1. The van der Waals surface area contributed by atoms with Gasteiger partial charge in [-0.2, -0.15) is 5.26 Å². The molecule has 0 spiro atoms. The summed E-state index contributed by atoms with van der Waals surface area (Å²) < 4.78 is 0. The molecule has 0 aliphatic heterocycles. The van der Waals surface area contributed by atoms with E-state index in [1.165, 1.54) is 0 Å². The van der Waals surface area contributed by atoms with Gasteiger partial charge in [0.25, 0.3) is 0 Å². The van der Waals surface area contributed by atoms with E-state index in [-0.39, 0.29) is 6.61 Å². The van der Waals surface area contributed by atoms with Crippen LogP contribution >= 0.6 is 0 Å². The van der Waals surface area contributed by atoms with E-state index < -0.39 is 0 Å². The molecule has 1 heterocycles. The van der Waals surface area contributed by atoms with Crippen molar-refractivity contribution in [1.82, 2.24) is 4.98 Å². The van der Waals surface area contributed by atoms with Crippen LogP contribution in [0.25, 0.3) is 0 Å². The fourth-order valence-corrected chi connectivity index (χ4v) is 0.754. The van der Waals surface area contributed by atoms with Gasteiger partial charge in [0.05, 0.1) is 6.61 Å². The fourth-order valence-electron chi connectivity index (χ4n) is 0.754. The highest BCUT2D eigenvalue weighted by Crippen LogP contribution is 1.96. The molecule has 0 saturated carbocycles. The van der Waals surface area contributed by atoms with Crippen molar-refractivity contribution in [2.24, 2.45) is 0 Å². The monoisotopic (exact) mass is 172 g/mol. The predicted molar refractivity (Wildman–Crippen MR) is 47.5 cm³/mol. The average molecular weight is 172 g/mol. The standard InChI is InChI=1S/C10H8N2O/c11-7-10-5-4-9(8-12-10)3-1-2-6-13/h4-5,8,13H,2,6H2. The highest BCUT2D eigenvalue weighted by Gasteiger charge is 1.89. The number of rotatable bonds is 1. The zero-order chi connectivity index (χ0) is 9.52. The number of pyridine rings is 1. The molecule has 0 fully saturated rings. The first kappa shape index (κ1) is 9.25. The number of nitriles is 1. The second kappa shape index (κ2) is 4.92. The molecule has 0 aliphatic rings. The van der Waals surface area contributed by atoms with Crippen LogP contribution in [0.5, 0.6) is 0 Å². The highest BCUT2D eigenvalue weighted by molar-refractivity contribution is 5.34. The van der Waals surface area contributed by atoms with Crippen LogP contribution in [0.3, 0.4) is 0 Å². The first-order chi connectivity index (χ1) is 6.36. The normalized spacial score (nSPS) is 8.31. The summed E-state index contributed by atoms with van der Waals surface area (Å²) in [5.74, 6) is 5.58. The Morgan fingerprint density at radius 2 is 2.31 bits per heavy atom. The molecule has 0 atom stereocenters. The average Bonchev–Trinajstić information content (AvgIpc) is 2.19. The van der Waals surface area contributed by atoms with E-state index in [2.05, 4.69) is 16.8 Å². The van der Waals surface area contributed by atoms with E-state index >= 15 is 0 Å². The summed E-state index contributed by atoms with van der Waals surface area (Å²) in [5, 5.41) is 16.9.